The van der Waals surface area contributed by atoms with Crippen molar-refractivity contribution in [1.29, 1.82) is 0 Å². The first kappa shape index (κ1) is 11.0. The van der Waals surface area contributed by atoms with Crippen LogP contribution in [0, 0.1) is 9.39 Å². The Morgan fingerprint density at radius 2 is 2.23 bits per heavy atom. The van der Waals surface area contributed by atoms with Gasteiger partial charge in [-0.15, -0.1) is 0 Å². The molecule has 0 unspecified atom stereocenters. The van der Waals surface area contributed by atoms with E-state index in [9.17, 15) is 4.39 Å². The van der Waals surface area contributed by atoms with E-state index >= 15 is 0 Å². The number of ether oxygens (including phenoxy) is 1. The summed E-state index contributed by atoms with van der Waals surface area (Å²) in [6.45, 7) is 0.626. The van der Waals surface area contributed by atoms with E-state index in [0.717, 1.165) is 9.99 Å². The van der Waals surface area contributed by atoms with E-state index in [1.807, 2.05) is 6.07 Å². The summed E-state index contributed by atoms with van der Waals surface area (Å²) in [6.07, 6.45) is 1.03. The van der Waals surface area contributed by atoms with E-state index in [2.05, 4.69) is 22.6 Å². The van der Waals surface area contributed by atoms with Crippen molar-refractivity contribution >= 4 is 32.8 Å². The van der Waals surface area contributed by atoms with Crippen molar-refractivity contribution in [2.75, 3.05) is 6.61 Å². The Morgan fingerprint density at radius 3 is 2.85 bits per heavy atom. The topological polar surface area (TPSA) is 9.23 Å². The maximum Gasteiger partial charge on any atom is 0.166 e. The summed E-state index contributed by atoms with van der Waals surface area (Å²) < 4.78 is 19.3. The standard InChI is InChI=1S/C9H12FIOSi/c10-8-6-7(11)2-3-9(8)12-4-1-5-13/h2-3,6H,1,4-5H2,13H3. The van der Waals surface area contributed by atoms with Gasteiger partial charge < -0.3 is 4.74 Å². The van der Waals surface area contributed by atoms with Crippen LogP contribution in [0.2, 0.25) is 6.04 Å². The van der Waals surface area contributed by atoms with Gasteiger partial charge >= 0.3 is 0 Å². The Labute approximate surface area is 94.2 Å². The highest BCUT2D eigenvalue weighted by Crippen LogP contribution is 2.19. The Hall–Kier alpha value is -0.103. The number of rotatable bonds is 4. The van der Waals surface area contributed by atoms with Gasteiger partial charge in [-0.2, -0.15) is 0 Å². The molecule has 0 amide bonds. The predicted octanol–water partition coefficient (Wildman–Crippen LogP) is 1.98. The molecule has 1 aromatic rings. The van der Waals surface area contributed by atoms with Crippen LogP contribution in [0.3, 0.4) is 0 Å². The zero-order chi connectivity index (χ0) is 9.68. The molecule has 0 radical (unpaired) electrons. The molecule has 0 N–H and O–H groups in total. The minimum absolute atomic E-state index is 0.264. The molecular formula is C9H12FIOSi. The summed E-state index contributed by atoms with van der Waals surface area (Å²) in [5.74, 6) is 0.107. The molecule has 0 heterocycles. The molecule has 0 fully saturated rings. The molecule has 1 nitrogen and oxygen atoms in total. The van der Waals surface area contributed by atoms with Crippen LogP contribution in [0.1, 0.15) is 6.42 Å². The molecule has 0 saturated carbocycles. The first-order chi connectivity index (χ1) is 6.24. The van der Waals surface area contributed by atoms with Crippen LogP contribution in [-0.4, -0.2) is 16.8 Å². The Balaban J connectivity index is 2.56. The monoisotopic (exact) mass is 310 g/mol. The largest absolute Gasteiger partial charge is 0.491 e. The fourth-order valence-electron chi connectivity index (χ4n) is 0.919. The number of hydrogen-bond acceptors (Lipinski definition) is 1. The van der Waals surface area contributed by atoms with Gasteiger partial charge in [-0.1, -0.05) is 6.04 Å². The molecule has 0 aromatic heterocycles. The van der Waals surface area contributed by atoms with Gasteiger partial charge in [-0.3, -0.25) is 0 Å². The van der Waals surface area contributed by atoms with E-state index in [-0.39, 0.29) is 5.82 Å². The molecule has 1 aromatic carbocycles. The van der Waals surface area contributed by atoms with E-state index < -0.39 is 0 Å². The van der Waals surface area contributed by atoms with Crippen molar-refractivity contribution in [3.05, 3.63) is 27.6 Å². The Bertz CT molecular complexity index is 280. The molecule has 0 aliphatic rings. The van der Waals surface area contributed by atoms with Gasteiger partial charge in [-0.25, -0.2) is 4.39 Å². The second kappa shape index (κ2) is 5.59. The van der Waals surface area contributed by atoms with Crippen molar-refractivity contribution in [3.8, 4) is 5.75 Å². The minimum atomic E-state index is -0.264. The summed E-state index contributed by atoms with van der Waals surface area (Å²) in [4.78, 5) is 0. The van der Waals surface area contributed by atoms with Gasteiger partial charge in [0.25, 0.3) is 0 Å². The lowest BCUT2D eigenvalue weighted by Gasteiger charge is -2.05. The Kier molecular flexibility index (Phi) is 4.72. The van der Waals surface area contributed by atoms with Crippen molar-refractivity contribution in [2.45, 2.75) is 12.5 Å². The average Bonchev–Trinajstić information content (AvgIpc) is 2.09. The highest BCUT2D eigenvalue weighted by molar-refractivity contribution is 14.1. The zero-order valence-corrected chi connectivity index (χ0v) is 11.7. The van der Waals surface area contributed by atoms with Gasteiger partial charge in [0.1, 0.15) is 0 Å². The van der Waals surface area contributed by atoms with Crippen molar-refractivity contribution in [2.24, 2.45) is 0 Å². The van der Waals surface area contributed by atoms with Crippen LogP contribution in [0.4, 0.5) is 4.39 Å². The summed E-state index contributed by atoms with van der Waals surface area (Å²) in [7, 11) is 1.19. The lowest BCUT2D eigenvalue weighted by atomic mass is 10.3. The fourth-order valence-corrected chi connectivity index (χ4v) is 1.66. The molecule has 0 aliphatic carbocycles. The normalized spacial score (nSPS) is 10.3. The zero-order valence-electron chi connectivity index (χ0n) is 7.52. The van der Waals surface area contributed by atoms with Gasteiger partial charge in [-0.05, 0) is 47.2 Å². The van der Waals surface area contributed by atoms with Crippen molar-refractivity contribution < 1.29 is 9.13 Å². The van der Waals surface area contributed by atoms with Gasteiger partial charge in [0, 0.05) is 13.8 Å². The van der Waals surface area contributed by atoms with Gasteiger partial charge in [0.05, 0.1) is 6.61 Å². The van der Waals surface area contributed by atoms with E-state index in [1.54, 1.807) is 6.07 Å². The van der Waals surface area contributed by atoms with Crippen LogP contribution < -0.4 is 4.74 Å². The quantitative estimate of drug-likeness (QED) is 0.469. The number of benzene rings is 1. The maximum absolute atomic E-state index is 13.2. The van der Waals surface area contributed by atoms with Crippen molar-refractivity contribution in [3.63, 3.8) is 0 Å². The molecule has 0 atom stereocenters. The second-order valence-electron chi connectivity index (χ2n) is 2.78. The third-order valence-electron chi connectivity index (χ3n) is 1.65. The smallest absolute Gasteiger partial charge is 0.166 e. The third kappa shape index (κ3) is 3.64. The maximum atomic E-state index is 13.2. The van der Waals surface area contributed by atoms with Crippen molar-refractivity contribution in [1.82, 2.24) is 0 Å². The van der Waals surface area contributed by atoms with Crippen LogP contribution >= 0.6 is 22.6 Å². The third-order valence-corrected chi connectivity index (χ3v) is 3.03. The number of halogens is 2. The first-order valence-corrected chi connectivity index (χ1v) is 6.81. The van der Waals surface area contributed by atoms with Gasteiger partial charge in [0.15, 0.2) is 11.6 Å². The fraction of sp³-hybridized carbons (Fsp3) is 0.333. The molecule has 0 spiro atoms. The van der Waals surface area contributed by atoms with E-state index in [4.69, 9.17) is 4.74 Å². The average molecular weight is 310 g/mol. The molecule has 1 rings (SSSR count). The lowest BCUT2D eigenvalue weighted by Crippen LogP contribution is -1.98. The number of hydrogen-bond donors (Lipinski definition) is 0. The Morgan fingerprint density at radius 1 is 1.46 bits per heavy atom. The molecule has 0 aliphatic heterocycles. The summed E-state index contributed by atoms with van der Waals surface area (Å²) in [5, 5.41) is 0. The summed E-state index contributed by atoms with van der Waals surface area (Å²) in [5.41, 5.74) is 0. The second-order valence-corrected chi connectivity index (χ2v) is 5.02. The van der Waals surface area contributed by atoms with Crippen LogP contribution in [0.25, 0.3) is 0 Å². The van der Waals surface area contributed by atoms with E-state index in [0.29, 0.717) is 12.4 Å². The lowest BCUT2D eigenvalue weighted by molar-refractivity contribution is 0.301. The molecule has 0 bridgehead atoms. The van der Waals surface area contributed by atoms with Crippen LogP contribution in [0.5, 0.6) is 5.75 Å². The highest BCUT2D eigenvalue weighted by atomic mass is 127. The SMILES string of the molecule is Fc1cc(I)ccc1OCCC[SiH3]. The summed E-state index contributed by atoms with van der Waals surface area (Å²) in [6, 6.07) is 6.21. The van der Waals surface area contributed by atoms with Crippen LogP contribution in [0.15, 0.2) is 18.2 Å². The minimum Gasteiger partial charge on any atom is -0.491 e. The van der Waals surface area contributed by atoms with Gasteiger partial charge in [0.2, 0.25) is 0 Å². The summed E-state index contributed by atoms with van der Waals surface area (Å²) >= 11 is 2.08. The highest BCUT2D eigenvalue weighted by Gasteiger charge is 2.02. The van der Waals surface area contributed by atoms with E-state index in [1.165, 1.54) is 22.4 Å². The molecule has 4 heteroatoms. The molecule has 0 saturated heterocycles. The molecular weight excluding hydrogens is 298 g/mol. The first-order valence-electron chi connectivity index (χ1n) is 4.32. The van der Waals surface area contributed by atoms with Crippen LogP contribution in [-0.2, 0) is 0 Å². The predicted molar refractivity (Wildman–Crippen MR) is 64.0 cm³/mol. The molecule has 13 heavy (non-hydrogen) atoms. The molecule has 72 valence electrons.